The van der Waals surface area contributed by atoms with E-state index in [1.807, 2.05) is 44.2 Å². The maximum Gasteiger partial charge on any atom is 0.194 e. The van der Waals surface area contributed by atoms with Gasteiger partial charge in [-0.3, -0.25) is 4.79 Å². The Morgan fingerprint density at radius 2 is 1.85 bits per heavy atom. The average Bonchev–Trinajstić information content (AvgIpc) is 2.42. The third-order valence-electron chi connectivity index (χ3n) is 3.01. The van der Waals surface area contributed by atoms with Gasteiger partial charge >= 0.3 is 0 Å². The minimum Gasteiger partial charge on any atom is -0.494 e. The maximum atomic E-state index is 12.6. The van der Waals surface area contributed by atoms with E-state index in [4.69, 9.17) is 4.74 Å². The quantitative estimate of drug-likeness (QED) is 0.667. The Bertz CT molecular complexity index is 651. The number of ketones is 1. The Labute approximate surface area is 135 Å². The molecule has 4 heteroatoms. The van der Waals surface area contributed by atoms with Crippen molar-refractivity contribution >= 4 is 37.6 Å². The molecule has 0 aliphatic heterocycles. The fourth-order valence-electron chi connectivity index (χ4n) is 1.93. The number of carbonyl (C=O) groups excluding carboxylic acids is 1. The van der Waals surface area contributed by atoms with Gasteiger partial charge in [0.05, 0.1) is 6.61 Å². The molecular weight excluding hydrogens is 384 g/mol. The molecule has 0 heterocycles. The fourth-order valence-corrected chi connectivity index (χ4v) is 2.84. The van der Waals surface area contributed by atoms with Crippen LogP contribution >= 0.6 is 31.9 Å². The van der Waals surface area contributed by atoms with Crippen molar-refractivity contribution < 1.29 is 9.53 Å². The van der Waals surface area contributed by atoms with Crippen LogP contribution in [-0.2, 0) is 0 Å². The van der Waals surface area contributed by atoms with Gasteiger partial charge in [0.15, 0.2) is 5.78 Å². The van der Waals surface area contributed by atoms with Crippen LogP contribution < -0.4 is 4.74 Å². The molecule has 0 aliphatic carbocycles. The van der Waals surface area contributed by atoms with Gasteiger partial charge in [-0.1, -0.05) is 28.1 Å². The van der Waals surface area contributed by atoms with Gasteiger partial charge in [-0.2, -0.15) is 0 Å². The molecule has 0 atom stereocenters. The lowest BCUT2D eigenvalue weighted by Crippen LogP contribution is -2.05. The molecule has 20 heavy (non-hydrogen) atoms. The first-order valence-electron chi connectivity index (χ1n) is 6.26. The van der Waals surface area contributed by atoms with Crippen LogP contribution in [-0.4, -0.2) is 12.4 Å². The van der Waals surface area contributed by atoms with Crippen LogP contribution in [0.4, 0.5) is 0 Å². The highest BCUT2D eigenvalue weighted by Crippen LogP contribution is 2.28. The van der Waals surface area contributed by atoms with Crippen LogP contribution in [0.2, 0.25) is 0 Å². The molecule has 0 aromatic heterocycles. The van der Waals surface area contributed by atoms with Crippen molar-refractivity contribution in [1.82, 2.24) is 0 Å². The van der Waals surface area contributed by atoms with Gasteiger partial charge in [0.2, 0.25) is 0 Å². The van der Waals surface area contributed by atoms with E-state index >= 15 is 0 Å². The first kappa shape index (κ1) is 15.3. The summed E-state index contributed by atoms with van der Waals surface area (Å²) in [7, 11) is 0. The molecule has 2 aromatic rings. The Hall–Kier alpha value is -1.13. The molecule has 0 aliphatic rings. The number of benzene rings is 2. The monoisotopic (exact) mass is 396 g/mol. The Kier molecular flexibility index (Phi) is 5.00. The van der Waals surface area contributed by atoms with E-state index < -0.39 is 0 Å². The van der Waals surface area contributed by atoms with Gasteiger partial charge < -0.3 is 4.74 Å². The van der Waals surface area contributed by atoms with Crippen LogP contribution in [0.15, 0.2) is 45.3 Å². The van der Waals surface area contributed by atoms with Crippen LogP contribution in [0.5, 0.6) is 5.75 Å². The van der Waals surface area contributed by atoms with Crippen LogP contribution in [0.25, 0.3) is 0 Å². The molecule has 2 rings (SSSR count). The Morgan fingerprint density at radius 3 is 2.50 bits per heavy atom. The lowest BCUT2D eigenvalue weighted by atomic mass is 9.99. The maximum absolute atomic E-state index is 12.6. The number of hydrogen-bond donors (Lipinski definition) is 0. The topological polar surface area (TPSA) is 26.3 Å². The summed E-state index contributed by atoms with van der Waals surface area (Å²) in [6.45, 7) is 4.46. The predicted molar refractivity (Wildman–Crippen MR) is 87.6 cm³/mol. The highest BCUT2D eigenvalue weighted by molar-refractivity contribution is 9.10. The summed E-state index contributed by atoms with van der Waals surface area (Å²) >= 11 is 6.90. The molecule has 0 amide bonds. The molecule has 0 unspecified atom stereocenters. The third-order valence-corrected chi connectivity index (χ3v) is 4.52. The van der Waals surface area contributed by atoms with E-state index in [0.717, 1.165) is 20.3 Å². The summed E-state index contributed by atoms with van der Waals surface area (Å²) in [6.07, 6.45) is 0. The standard InChI is InChI=1S/C16H14Br2O2/c1-3-20-11-7-8-13(15(18)9-11)16(19)12-5-4-6-14(17)10(12)2/h4-9H,3H2,1-2H3. The molecule has 0 saturated heterocycles. The third kappa shape index (κ3) is 3.13. The first-order valence-corrected chi connectivity index (χ1v) is 7.85. The summed E-state index contributed by atoms with van der Waals surface area (Å²) in [4.78, 5) is 12.6. The van der Waals surface area contributed by atoms with Crippen molar-refractivity contribution in [2.75, 3.05) is 6.61 Å². The zero-order valence-electron chi connectivity index (χ0n) is 11.2. The molecule has 2 nitrogen and oxygen atoms in total. The number of ether oxygens (including phenoxy) is 1. The van der Waals surface area contributed by atoms with Crippen LogP contribution in [0.3, 0.4) is 0 Å². The molecule has 0 fully saturated rings. The van der Waals surface area contributed by atoms with Crippen molar-refractivity contribution in [1.29, 1.82) is 0 Å². The second-order valence-electron chi connectivity index (χ2n) is 4.32. The number of hydrogen-bond acceptors (Lipinski definition) is 2. The zero-order valence-corrected chi connectivity index (χ0v) is 14.4. The lowest BCUT2D eigenvalue weighted by molar-refractivity contribution is 0.103. The van der Waals surface area contributed by atoms with Crippen molar-refractivity contribution in [2.45, 2.75) is 13.8 Å². The molecule has 0 saturated carbocycles. The zero-order chi connectivity index (χ0) is 14.7. The van der Waals surface area contributed by atoms with Crippen molar-refractivity contribution in [2.24, 2.45) is 0 Å². The predicted octanol–water partition coefficient (Wildman–Crippen LogP) is 5.15. The summed E-state index contributed by atoms with van der Waals surface area (Å²) in [5.41, 5.74) is 2.28. The van der Waals surface area contributed by atoms with Gasteiger partial charge in [0.25, 0.3) is 0 Å². The lowest BCUT2D eigenvalue weighted by Gasteiger charge is -2.10. The SMILES string of the molecule is CCOc1ccc(C(=O)c2cccc(Br)c2C)c(Br)c1. The van der Waals surface area contributed by atoms with E-state index in [-0.39, 0.29) is 5.78 Å². The molecule has 0 spiro atoms. The molecule has 0 N–H and O–H groups in total. The second-order valence-corrected chi connectivity index (χ2v) is 6.02. The van der Waals surface area contributed by atoms with E-state index in [1.165, 1.54) is 0 Å². The van der Waals surface area contributed by atoms with Crippen LogP contribution in [0.1, 0.15) is 28.4 Å². The van der Waals surface area contributed by atoms with Gasteiger partial charge in [-0.05, 0) is 59.6 Å². The fraction of sp³-hybridized carbons (Fsp3) is 0.188. The molecule has 0 bridgehead atoms. The highest BCUT2D eigenvalue weighted by atomic mass is 79.9. The number of halogens is 2. The average molecular weight is 398 g/mol. The van der Waals surface area contributed by atoms with Gasteiger partial charge in [0.1, 0.15) is 5.75 Å². The summed E-state index contributed by atoms with van der Waals surface area (Å²) in [5, 5.41) is 0. The summed E-state index contributed by atoms with van der Waals surface area (Å²) in [5.74, 6) is 0.751. The van der Waals surface area contributed by atoms with Gasteiger partial charge in [0, 0.05) is 20.1 Å². The summed E-state index contributed by atoms with van der Waals surface area (Å²) < 4.78 is 7.10. The largest absolute Gasteiger partial charge is 0.494 e. The van der Waals surface area contributed by atoms with Crippen molar-refractivity contribution in [3.05, 3.63) is 62.0 Å². The minimum atomic E-state index is -0.00118. The molecule has 104 valence electrons. The molecular formula is C16H14Br2O2. The molecule has 2 aromatic carbocycles. The van der Waals surface area contributed by atoms with Crippen molar-refractivity contribution in [3.8, 4) is 5.75 Å². The second kappa shape index (κ2) is 6.55. The van der Waals surface area contributed by atoms with Gasteiger partial charge in [-0.25, -0.2) is 0 Å². The number of rotatable bonds is 4. The van der Waals surface area contributed by atoms with Gasteiger partial charge in [-0.15, -0.1) is 0 Å². The number of carbonyl (C=O) groups is 1. The summed E-state index contributed by atoms with van der Waals surface area (Å²) in [6, 6.07) is 11.1. The normalized spacial score (nSPS) is 10.4. The Morgan fingerprint density at radius 1 is 1.10 bits per heavy atom. The van der Waals surface area contributed by atoms with E-state index in [9.17, 15) is 4.79 Å². The first-order chi connectivity index (χ1) is 9.54. The van der Waals surface area contributed by atoms with Crippen LogP contribution in [0, 0.1) is 6.92 Å². The van der Waals surface area contributed by atoms with E-state index in [0.29, 0.717) is 17.7 Å². The van der Waals surface area contributed by atoms with Crippen molar-refractivity contribution in [3.63, 3.8) is 0 Å². The highest BCUT2D eigenvalue weighted by Gasteiger charge is 2.16. The smallest absolute Gasteiger partial charge is 0.194 e. The molecule has 0 radical (unpaired) electrons. The van der Waals surface area contributed by atoms with E-state index in [1.54, 1.807) is 6.07 Å². The van der Waals surface area contributed by atoms with E-state index in [2.05, 4.69) is 31.9 Å². The Balaban J connectivity index is 2.41. The minimum absolute atomic E-state index is 0.00118.